The van der Waals surface area contributed by atoms with E-state index >= 15 is 0 Å². The number of nitrogens with zero attached hydrogens (tertiary/aromatic N) is 2. The van der Waals surface area contributed by atoms with Gasteiger partial charge in [-0.15, -0.1) is 0 Å². The van der Waals surface area contributed by atoms with Crippen LogP contribution >= 0.6 is 0 Å². The number of nitrogens with one attached hydrogen (secondary N) is 1. The van der Waals surface area contributed by atoms with E-state index in [9.17, 15) is 4.79 Å². The van der Waals surface area contributed by atoms with Crippen molar-refractivity contribution in [2.45, 2.75) is 51.1 Å². The molecule has 2 fully saturated rings. The van der Waals surface area contributed by atoms with Gasteiger partial charge >= 0.3 is 0 Å². The molecule has 2 aliphatic rings. The lowest BCUT2D eigenvalue weighted by molar-refractivity contribution is -0.128. The minimum Gasteiger partial charge on any atom is -0.493 e. The summed E-state index contributed by atoms with van der Waals surface area (Å²) in [4.78, 5) is 19.7. The quantitative estimate of drug-likeness (QED) is 0.600. The number of carbonyl (C=O) groups excluding carboxylic acids is 1. The van der Waals surface area contributed by atoms with Crippen LogP contribution in [0, 0.1) is 11.8 Å². The third kappa shape index (κ3) is 6.63. The van der Waals surface area contributed by atoms with Gasteiger partial charge in [0.05, 0.1) is 32.9 Å². The number of aromatic nitrogens is 1. The highest BCUT2D eigenvalue weighted by molar-refractivity contribution is 5.79. The van der Waals surface area contributed by atoms with E-state index in [0.717, 1.165) is 61.7 Å². The second-order valence-electron chi connectivity index (χ2n) is 9.53. The highest BCUT2D eigenvalue weighted by atomic mass is 16.5. The molecule has 1 aliphatic heterocycles. The van der Waals surface area contributed by atoms with Gasteiger partial charge in [0, 0.05) is 37.8 Å². The van der Waals surface area contributed by atoms with Gasteiger partial charge < -0.3 is 19.5 Å². The maximum Gasteiger partial charge on any atom is 0.224 e. The van der Waals surface area contributed by atoms with E-state index in [1.807, 2.05) is 24.3 Å². The first-order valence-electron chi connectivity index (χ1n) is 12.4. The van der Waals surface area contributed by atoms with E-state index in [4.69, 9.17) is 14.2 Å². The van der Waals surface area contributed by atoms with Crippen LogP contribution in [0.1, 0.15) is 44.1 Å². The highest BCUT2D eigenvalue weighted by Crippen LogP contribution is 2.30. The number of pyridine rings is 1. The van der Waals surface area contributed by atoms with Gasteiger partial charge in [0.25, 0.3) is 0 Å². The molecule has 1 aromatic heterocycles. The third-order valence-electron chi connectivity index (χ3n) is 6.91. The summed E-state index contributed by atoms with van der Waals surface area (Å²) in [5.74, 6) is 2.62. The Morgan fingerprint density at radius 1 is 1.09 bits per heavy atom. The molecule has 1 N–H and O–H groups in total. The molecule has 4 rings (SSSR count). The molecule has 0 spiro atoms. The van der Waals surface area contributed by atoms with Gasteiger partial charge in [-0.1, -0.05) is 25.3 Å². The molecule has 184 valence electrons. The number of methoxy groups -OCH3 is 2. The van der Waals surface area contributed by atoms with Gasteiger partial charge in [0.2, 0.25) is 5.91 Å². The van der Waals surface area contributed by atoms with Crippen molar-refractivity contribution < 1.29 is 19.0 Å². The lowest BCUT2D eigenvalue weighted by Crippen LogP contribution is -2.49. The molecular weight excluding hydrogens is 430 g/mol. The van der Waals surface area contributed by atoms with E-state index < -0.39 is 0 Å². The lowest BCUT2D eigenvalue weighted by atomic mass is 9.87. The number of benzene rings is 1. The van der Waals surface area contributed by atoms with Gasteiger partial charge in [-0.2, -0.15) is 0 Å². The Morgan fingerprint density at radius 3 is 2.65 bits per heavy atom. The van der Waals surface area contributed by atoms with Crippen molar-refractivity contribution in [3.05, 3.63) is 48.3 Å². The average molecular weight is 468 g/mol. The number of ether oxygens (including phenoxy) is 3. The molecule has 1 saturated carbocycles. The Kier molecular flexibility index (Phi) is 8.63. The summed E-state index contributed by atoms with van der Waals surface area (Å²) in [6.45, 7) is 2.94. The summed E-state index contributed by atoms with van der Waals surface area (Å²) in [6, 6.07) is 10.1. The molecule has 2 aromatic rings. The predicted molar refractivity (Wildman–Crippen MR) is 131 cm³/mol. The number of hydrogen-bond acceptors (Lipinski definition) is 6. The number of piperidine rings is 1. The molecule has 1 aromatic carbocycles. The fourth-order valence-corrected chi connectivity index (χ4v) is 5.19. The van der Waals surface area contributed by atoms with E-state index in [1.54, 1.807) is 26.6 Å². The van der Waals surface area contributed by atoms with Crippen LogP contribution in [0.4, 0.5) is 0 Å². The normalized spacial score (nSPS) is 21.6. The summed E-state index contributed by atoms with van der Waals surface area (Å²) in [5.41, 5.74) is 1.14. The fourth-order valence-electron chi connectivity index (χ4n) is 5.19. The number of amides is 1. The predicted octanol–water partition coefficient (Wildman–Crippen LogP) is 4.06. The first-order chi connectivity index (χ1) is 16.6. The molecule has 1 aliphatic carbocycles. The summed E-state index contributed by atoms with van der Waals surface area (Å²) in [6.07, 6.45) is 10.2. The van der Waals surface area contributed by atoms with Crippen LogP contribution < -0.4 is 19.5 Å². The van der Waals surface area contributed by atoms with E-state index in [1.165, 1.54) is 19.3 Å². The van der Waals surface area contributed by atoms with Gasteiger partial charge in [0.1, 0.15) is 5.75 Å². The molecule has 0 bridgehead atoms. The number of likely N-dealkylation sites (tertiary alicyclic amines) is 1. The van der Waals surface area contributed by atoms with Crippen molar-refractivity contribution in [2.24, 2.45) is 11.8 Å². The zero-order valence-corrected chi connectivity index (χ0v) is 20.4. The zero-order chi connectivity index (χ0) is 23.8. The smallest absolute Gasteiger partial charge is 0.224 e. The van der Waals surface area contributed by atoms with Crippen LogP contribution in [0.3, 0.4) is 0 Å². The monoisotopic (exact) mass is 467 g/mol. The summed E-state index contributed by atoms with van der Waals surface area (Å²) in [5, 5.41) is 3.35. The highest BCUT2D eigenvalue weighted by Gasteiger charge is 2.33. The second-order valence-corrected chi connectivity index (χ2v) is 9.53. The van der Waals surface area contributed by atoms with E-state index in [2.05, 4.69) is 21.3 Å². The minimum atomic E-state index is -0.0432. The van der Waals surface area contributed by atoms with Crippen molar-refractivity contribution in [2.75, 3.05) is 33.9 Å². The molecule has 0 unspecified atom stereocenters. The Hall–Kier alpha value is -2.80. The molecule has 0 radical (unpaired) electrons. The molecule has 1 saturated heterocycles. The summed E-state index contributed by atoms with van der Waals surface area (Å²) in [7, 11) is 3.30. The van der Waals surface area contributed by atoms with Crippen molar-refractivity contribution >= 4 is 5.91 Å². The maximum absolute atomic E-state index is 13.2. The fraction of sp³-hybridized carbons (Fsp3) is 0.556. The third-order valence-corrected chi connectivity index (χ3v) is 6.91. The van der Waals surface area contributed by atoms with E-state index in [-0.39, 0.29) is 17.7 Å². The van der Waals surface area contributed by atoms with Crippen LogP contribution in [0.2, 0.25) is 0 Å². The first-order valence-corrected chi connectivity index (χ1v) is 12.4. The topological polar surface area (TPSA) is 72.9 Å². The largest absolute Gasteiger partial charge is 0.493 e. The van der Waals surface area contributed by atoms with Crippen molar-refractivity contribution in [1.82, 2.24) is 15.2 Å². The van der Waals surface area contributed by atoms with Crippen LogP contribution in [-0.4, -0.2) is 55.7 Å². The zero-order valence-electron chi connectivity index (χ0n) is 20.4. The Bertz CT molecular complexity index is 917. The van der Waals surface area contributed by atoms with Crippen LogP contribution in [0.5, 0.6) is 17.2 Å². The van der Waals surface area contributed by atoms with Crippen molar-refractivity contribution in [3.63, 3.8) is 0 Å². The number of carbonyl (C=O) groups is 1. The first kappa shape index (κ1) is 24.3. The standard InChI is InChI=1S/C27H37N3O4/c1-32-25-11-10-20(14-26(25)33-2)16-30-17-21(19-34-24-9-6-12-28-15-24)13-22(18-30)27(31)29-23-7-4-3-5-8-23/h6,9-12,14-15,21-23H,3-5,7-8,13,16-19H2,1-2H3,(H,29,31)/t21-,22+/m0/s1. The van der Waals surface area contributed by atoms with Gasteiger partial charge in [-0.3, -0.25) is 14.7 Å². The second kappa shape index (κ2) is 12.1. The molecule has 2 heterocycles. The molecule has 7 nitrogen and oxygen atoms in total. The summed E-state index contributed by atoms with van der Waals surface area (Å²) < 4.78 is 16.9. The molecule has 34 heavy (non-hydrogen) atoms. The maximum atomic E-state index is 13.2. The number of hydrogen-bond donors (Lipinski definition) is 1. The van der Waals surface area contributed by atoms with Crippen molar-refractivity contribution in [1.29, 1.82) is 0 Å². The molecular formula is C27H37N3O4. The molecule has 2 atom stereocenters. The SMILES string of the molecule is COc1ccc(CN2C[C@@H](COc3cccnc3)C[C@@H](C(=O)NC3CCCCC3)C2)cc1OC. The minimum absolute atomic E-state index is 0.0432. The van der Waals surface area contributed by atoms with Crippen molar-refractivity contribution in [3.8, 4) is 17.2 Å². The summed E-state index contributed by atoms with van der Waals surface area (Å²) >= 11 is 0. The molecule has 7 heteroatoms. The Morgan fingerprint density at radius 2 is 1.91 bits per heavy atom. The van der Waals surface area contributed by atoms with E-state index in [0.29, 0.717) is 12.6 Å². The Labute approximate surface area is 202 Å². The van der Waals surface area contributed by atoms with Gasteiger partial charge in [-0.25, -0.2) is 0 Å². The van der Waals surface area contributed by atoms with Crippen LogP contribution in [0.25, 0.3) is 0 Å². The Balaban J connectivity index is 1.43. The van der Waals surface area contributed by atoms with Gasteiger partial charge in [0.15, 0.2) is 11.5 Å². The molecule has 1 amide bonds. The van der Waals surface area contributed by atoms with Crippen LogP contribution in [0.15, 0.2) is 42.7 Å². The van der Waals surface area contributed by atoms with Crippen LogP contribution in [-0.2, 0) is 11.3 Å². The lowest BCUT2D eigenvalue weighted by Gasteiger charge is -2.38. The van der Waals surface area contributed by atoms with Gasteiger partial charge in [-0.05, 0) is 49.1 Å². The number of rotatable bonds is 9. The average Bonchev–Trinajstić information content (AvgIpc) is 2.88.